The molecule has 0 saturated carbocycles. The van der Waals surface area contributed by atoms with E-state index in [1.54, 1.807) is 0 Å². The largest absolute Gasteiger partial charge is 0.313 e. The predicted molar refractivity (Wildman–Crippen MR) is 79.2 cm³/mol. The minimum absolute atomic E-state index is 0.174. The molecule has 19 heavy (non-hydrogen) atoms. The van der Waals surface area contributed by atoms with Crippen LogP contribution in [0.2, 0.25) is 0 Å². The number of rotatable bonds is 5. The van der Waals surface area contributed by atoms with Gasteiger partial charge in [0, 0.05) is 12.6 Å². The standard InChI is InChI=1S/C15H23NO2S/c1-12-6-3-4-7-14(12)10-13(2)16-11-15-8-5-9-19(15,17)18/h3-4,6-7,13,15-16H,5,8-11H2,1-2H3/t13-,15+/m1/s1. The van der Waals surface area contributed by atoms with Gasteiger partial charge in [-0.25, -0.2) is 8.42 Å². The first-order valence-electron chi connectivity index (χ1n) is 6.98. The predicted octanol–water partition coefficient (Wildman–Crippen LogP) is 2.09. The number of benzene rings is 1. The van der Waals surface area contributed by atoms with Gasteiger partial charge in [-0.1, -0.05) is 24.3 Å². The third-order valence-electron chi connectivity index (χ3n) is 3.94. The van der Waals surface area contributed by atoms with Crippen LogP contribution < -0.4 is 5.32 Å². The van der Waals surface area contributed by atoms with Crippen LogP contribution >= 0.6 is 0 Å². The van der Waals surface area contributed by atoms with Gasteiger partial charge in [-0.3, -0.25) is 0 Å². The van der Waals surface area contributed by atoms with Gasteiger partial charge in [0.1, 0.15) is 0 Å². The first-order valence-corrected chi connectivity index (χ1v) is 8.70. The van der Waals surface area contributed by atoms with E-state index in [1.807, 2.05) is 6.07 Å². The summed E-state index contributed by atoms with van der Waals surface area (Å²) in [7, 11) is -2.83. The highest BCUT2D eigenvalue weighted by Gasteiger charge is 2.30. The Kier molecular flexibility index (Phi) is 4.63. The van der Waals surface area contributed by atoms with E-state index in [4.69, 9.17) is 0 Å². The summed E-state index contributed by atoms with van der Waals surface area (Å²) in [6, 6.07) is 8.65. The average Bonchev–Trinajstić information content (AvgIpc) is 2.69. The second-order valence-electron chi connectivity index (χ2n) is 5.57. The van der Waals surface area contributed by atoms with Gasteiger partial charge in [-0.15, -0.1) is 0 Å². The van der Waals surface area contributed by atoms with Gasteiger partial charge in [0.25, 0.3) is 0 Å². The average molecular weight is 281 g/mol. The highest BCUT2D eigenvalue weighted by molar-refractivity contribution is 7.92. The Morgan fingerprint density at radius 3 is 2.74 bits per heavy atom. The molecule has 1 aromatic rings. The lowest BCUT2D eigenvalue weighted by atomic mass is 10.0. The van der Waals surface area contributed by atoms with Crippen molar-refractivity contribution < 1.29 is 8.42 Å². The quantitative estimate of drug-likeness (QED) is 0.899. The lowest BCUT2D eigenvalue weighted by molar-refractivity contribution is 0.521. The third-order valence-corrected chi connectivity index (χ3v) is 6.22. The topological polar surface area (TPSA) is 46.2 Å². The summed E-state index contributed by atoms with van der Waals surface area (Å²) in [5.41, 5.74) is 2.63. The summed E-state index contributed by atoms with van der Waals surface area (Å²) in [6.45, 7) is 4.83. The minimum atomic E-state index is -2.83. The molecule has 0 spiro atoms. The number of hydrogen-bond donors (Lipinski definition) is 1. The van der Waals surface area contributed by atoms with Gasteiger partial charge in [-0.2, -0.15) is 0 Å². The van der Waals surface area contributed by atoms with Gasteiger partial charge >= 0.3 is 0 Å². The molecular formula is C15H23NO2S. The normalized spacial score (nSPS) is 23.4. The molecular weight excluding hydrogens is 258 g/mol. The highest BCUT2D eigenvalue weighted by atomic mass is 32.2. The van der Waals surface area contributed by atoms with Crippen molar-refractivity contribution in [2.24, 2.45) is 0 Å². The minimum Gasteiger partial charge on any atom is -0.313 e. The molecule has 3 nitrogen and oxygen atoms in total. The Hall–Kier alpha value is -0.870. The first kappa shape index (κ1) is 14.5. The van der Waals surface area contributed by atoms with Crippen molar-refractivity contribution in [1.29, 1.82) is 0 Å². The van der Waals surface area contributed by atoms with E-state index < -0.39 is 9.84 Å². The molecule has 1 aliphatic heterocycles. The van der Waals surface area contributed by atoms with Crippen LogP contribution in [0.5, 0.6) is 0 Å². The lowest BCUT2D eigenvalue weighted by Crippen LogP contribution is -2.37. The molecule has 0 bridgehead atoms. The molecule has 1 heterocycles. The highest BCUT2D eigenvalue weighted by Crippen LogP contribution is 2.19. The molecule has 1 aliphatic rings. The Bertz CT molecular complexity index is 525. The van der Waals surface area contributed by atoms with Crippen LogP contribution in [-0.4, -0.2) is 32.0 Å². The lowest BCUT2D eigenvalue weighted by Gasteiger charge is -2.18. The zero-order chi connectivity index (χ0) is 13.9. The number of nitrogens with one attached hydrogen (secondary N) is 1. The van der Waals surface area contributed by atoms with Crippen molar-refractivity contribution in [1.82, 2.24) is 5.32 Å². The summed E-state index contributed by atoms with van der Waals surface area (Å²) < 4.78 is 23.5. The molecule has 106 valence electrons. The Morgan fingerprint density at radius 1 is 1.37 bits per heavy atom. The molecule has 0 unspecified atom stereocenters. The molecule has 1 N–H and O–H groups in total. The molecule has 0 amide bonds. The van der Waals surface area contributed by atoms with E-state index in [-0.39, 0.29) is 5.25 Å². The van der Waals surface area contributed by atoms with Crippen molar-refractivity contribution in [3.05, 3.63) is 35.4 Å². The molecule has 4 heteroatoms. The third kappa shape index (κ3) is 3.80. The van der Waals surface area contributed by atoms with E-state index in [9.17, 15) is 8.42 Å². The summed E-state index contributed by atoms with van der Waals surface area (Å²) in [6.07, 6.45) is 2.58. The number of sulfone groups is 1. The monoisotopic (exact) mass is 281 g/mol. The fourth-order valence-electron chi connectivity index (χ4n) is 2.66. The summed E-state index contributed by atoms with van der Waals surface area (Å²) in [5.74, 6) is 0.367. The summed E-state index contributed by atoms with van der Waals surface area (Å²) in [5, 5.41) is 3.20. The summed E-state index contributed by atoms with van der Waals surface area (Å²) >= 11 is 0. The molecule has 1 saturated heterocycles. The number of aryl methyl sites for hydroxylation is 1. The Morgan fingerprint density at radius 2 is 2.11 bits per heavy atom. The van der Waals surface area contributed by atoms with Gasteiger partial charge in [-0.05, 0) is 44.2 Å². The fourth-order valence-corrected chi connectivity index (χ4v) is 4.44. The molecule has 1 fully saturated rings. The molecule has 0 radical (unpaired) electrons. The van der Waals surface area contributed by atoms with Crippen LogP contribution in [0, 0.1) is 6.92 Å². The molecule has 0 aliphatic carbocycles. The maximum absolute atomic E-state index is 11.7. The Labute approximate surface area is 116 Å². The van der Waals surface area contributed by atoms with Crippen LogP contribution in [0.15, 0.2) is 24.3 Å². The fraction of sp³-hybridized carbons (Fsp3) is 0.600. The van der Waals surface area contributed by atoms with E-state index in [0.29, 0.717) is 18.3 Å². The van der Waals surface area contributed by atoms with Gasteiger partial charge in [0.15, 0.2) is 9.84 Å². The second-order valence-corrected chi connectivity index (χ2v) is 7.97. The van der Waals surface area contributed by atoms with Gasteiger partial charge < -0.3 is 5.32 Å². The smallest absolute Gasteiger partial charge is 0.154 e. The zero-order valence-corrected chi connectivity index (χ0v) is 12.5. The van der Waals surface area contributed by atoms with E-state index in [1.165, 1.54) is 11.1 Å². The van der Waals surface area contributed by atoms with E-state index in [2.05, 4.69) is 37.4 Å². The zero-order valence-electron chi connectivity index (χ0n) is 11.7. The van der Waals surface area contributed by atoms with Gasteiger partial charge in [0.2, 0.25) is 0 Å². The molecule has 1 aromatic carbocycles. The van der Waals surface area contributed by atoms with E-state index >= 15 is 0 Å². The SMILES string of the molecule is Cc1ccccc1C[C@@H](C)NC[C@@H]1CCCS1(=O)=O. The van der Waals surface area contributed by atoms with Crippen LogP contribution in [-0.2, 0) is 16.3 Å². The van der Waals surface area contributed by atoms with Crippen molar-refractivity contribution in [3.63, 3.8) is 0 Å². The van der Waals surface area contributed by atoms with Crippen molar-refractivity contribution >= 4 is 9.84 Å². The Balaban J connectivity index is 1.85. The maximum Gasteiger partial charge on any atom is 0.154 e. The van der Waals surface area contributed by atoms with Crippen molar-refractivity contribution in [2.75, 3.05) is 12.3 Å². The van der Waals surface area contributed by atoms with Gasteiger partial charge in [0.05, 0.1) is 11.0 Å². The van der Waals surface area contributed by atoms with Crippen LogP contribution in [0.3, 0.4) is 0 Å². The molecule has 0 aromatic heterocycles. The second kappa shape index (κ2) is 6.06. The van der Waals surface area contributed by atoms with Crippen molar-refractivity contribution in [2.45, 2.75) is 44.4 Å². The van der Waals surface area contributed by atoms with Crippen LogP contribution in [0.4, 0.5) is 0 Å². The van der Waals surface area contributed by atoms with Crippen LogP contribution in [0.25, 0.3) is 0 Å². The van der Waals surface area contributed by atoms with E-state index in [0.717, 1.165) is 19.3 Å². The van der Waals surface area contributed by atoms with Crippen LogP contribution in [0.1, 0.15) is 30.9 Å². The van der Waals surface area contributed by atoms with Crippen molar-refractivity contribution in [3.8, 4) is 0 Å². The first-order chi connectivity index (χ1) is 8.99. The number of hydrogen-bond acceptors (Lipinski definition) is 3. The molecule has 2 atom stereocenters. The summed E-state index contributed by atoms with van der Waals surface area (Å²) in [4.78, 5) is 0. The molecule has 2 rings (SSSR count). The maximum atomic E-state index is 11.7.